The lowest BCUT2D eigenvalue weighted by Gasteiger charge is -2.08. The standard InChI is InChI=1S/C14H12Cl2O/c1-9-2-3-10(13(16)6-9)7-11-8-12(15)4-5-14(11)17/h2-6,8,17H,7H2,1H3. The third kappa shape index (κ3) is 2.93. The number of hydrogen-bond acceptors (Lipinski definition) is 1. The van der Waals surface area contributed by atoms with Gasteiger partial charge in [0, 0.05) is 16.5 Å². The second-order valence-corrected chi connectivity index (χ2v) is 4.89. The summed E-state index contributed by atoms with van der Waals surface area (Å²) < 4.78 is 0. The number of benzene rings is 2. The summed E-state index contributed by atoms with van der Waals surface area (Å²) in [4.78, 5) is 0. The lowest BCUT2D eigenvalue weighted by atomic mass is 10.0. The fraction of sp³-hybridized carbons (Fsp3) is 0.143. The number of phenolic OH excluding ortho intramolecular Hbond substituents is 1. The predicted molar refractivity (Wildman–Crippen MR) is 72.1 cm³/mol. The van der Waals surface area contributed by atoms with E-state index in [1.54, 1.807) is 18.2 Å². The fourth-order valence-electron chi connectivity index (χ4n) is 1.70. The van der Waals surface area contributed by atoms with Crippen molar-refractivity contribution in [3.63, 3.8) is 0 Å². The van der Waals surface area contributed by atoms with E-state index in [2.05, 4.69) is 0 Å². The van der Waals surface area contributed by atoms with Crippen molar-refractivity contribution in [2.75, 3.05) is 0 Å². The lowest BCUT2D eigenvalue weighted by Crippen LogP contribution is -1.91. The highest BCUT2D eigenvalue weighted by molar-refractivity contribution is 6.31. The Morgan fingerprint density at radius 1 is 1.00 bits per heavy atom. The summed E-state index contributed by atoms with van der Waals surface area (Å²) in [5.74, 6) is 0.242. The Balaban J connectivity index is 2.34. The summed E-state index contributed by atoms with van der Waals surface area (Å²) in [6.07, 6.45) is 0.575. The third-order valence-corrected chi connectivity index (χ3v) is 3.22. The predicted octanol–water partition coefficient (Wildman–Crippen LogP) is 4.60. The molecule has 17 heavy (non-hydrogen) atoms. The van der Waals surface area contributed by atoms with Crippen LogP contribution in [0.25, 0.3) is 0 Å². The maximum atomic E-state index is 9.74. The molecule has 0 unspecified atom stereocenters. The second-order valence-electron chi connectivity index (χ2n) is 4.04. The van der Waals surface area contributed by atoms with E-state index in [1.807, 2.05) is 25.1 Å². The molecular weight excluding hydrogens is 255 g/mol. The molecule has 0 heterocycles. The molecular formula is C14H12Cl2O. The molecule has 3 heteroatoms. The van der Waals surface area contributed by atoms with Crippen LogP contribution in [-0.4, -0.2) is 5.11 Å². The minimum absolute atomic E-state index is 0.242. The highest BCUT2D eigenvalue weighted by Crippen LogP contribution is 2.27. The van der Waals surface area contributed by atoms with Crippen LogP contribution in [0.5, 0.6) is 5.75 Å². The minimum Gasteiger partial charge on any atom is -0.508 e. The van der Waals surface area contributed by atoms with Gasteiger partial charge in [0.1, 0.15) is 5.75 Å². The van der Waals surface area contributed by atoms with E-state index in [1.165, 1.54) is 0 Å². The van der Waals surface area contributed by atoms with Crippen LogP contribution < -0.4 is 0 Å². The van der Waals surface area contributed by atoms with E-state index in [9.17, 15) is 5.11 Å². The van der Waals surface area contributed by atoms with Crippen molar-refractivity contribution in [1.29, 1.82) is 0 Å². The molecule has 1 N–H and O–H groups in total. The molecule has 2 rings (SSSR count). The van der Waals surface area contributed by atoms with Crippen LogP contribution in [0.15, 0.2) is 36.4 Å². The first-order valence-electron chi connectivity index (χ1n) is 5.28. The first-order chi connectivity index (χ1) is 8.06. The Morgan fingerprint density at radius 2 is 1.76 bits per heavy atom. The van der Waals surface area contributed by atoms with E-state index in [4.69, 9.17) is 23.2 Å². The number of aryl methyl sites for hydroxylation is 1. The van der Waals surface area contributed by atoms with Crippen molar-refractivity contribution in [1.82, 2.24) is 0 Å². The maximum Gasteiger partial charge on any atom is 0.119 e. The van der Waals surface area contributed by atoms with Gasteiger partial charge in [-0.3, -0.25) is 0 Å². The molecule has 0 fully saturated rings. The zero-order chi connectivity index (χ0) is 12.4. The topological polar surface area (TPSA) is 20.2 Å². The summed E-state index contributed by atoms with van der Waals surface area (Å²) in [6, 6.07) is 10.9. The van der Waals surface area contributed by atoms with Crippen LogP contribution >= 0.6 is 23.2 Å². The van der Waals surface area contributed by atoms with Gasteiger partial charge in [-0.15, -0.1) is 0 Å². The van der Waals surface area contributed by atoms with Gasteiger partial charge in [0.05, 0.1) is 0 Å². The Labute approximate surface area is 111 Å². The van der Waals surface area contributed by atoms with Crippen molar-refractivity contribution in [3.05, 3.63) is 63.1 Å². The molecule has 0 aliphatic heterocycles. The number of aromatic hydroxyl groups is 1. The van der Waals surface area contributed by atoms with Crippen molar-refractivity contribution in [3.8, 4) is 5.75 Å². The summed E-state index contributed by atoms with van der Waals surface area (Å²) in [5.41, 5.74) is 2.88. The molecule has 0 bridgehead atoms. The second kappa shape index (κ2) is 4.99. The first-order valence-corrected chi connectivity index (χ1v) is 6.04. The van der Waals surface area contributed by atoms with Gasteiger partial charge in [0.2, 0.25) is 0 Å². The Hall–Kier alpha value is -1.18. The molecule has 0 saturated carbocycles. The Morgan fingerprint density at radius 3 is 2.47 bits per heavy atom. The molecule has 0 amide bonds. The summed E-state index contributed by atoms with van der Waals surface area (Å²) in [5, 5.41) is 11.1. The van der Waals surface area contributed by atoms with Gasteiger partial charge < -0.3 is 5.11 Å². The molecule has 1 nitrogen and oxygen atoms in total. The van der Waals surface area contributed by atoms with E-state index < -0.39 is 0 Å². The van der Waals surface area contributed by atoms with Crippen LogP contribution in [0.1, 0.15) is 16.7 Å². The molecule has 0 spiro atoms. The van der Waals surface area contributed by atoms with Crippen LogP contribution in [0.4, 0.5) is 0 Å². The van der Waals surface area contributed by atoms with E-state index in [-0.39, 0.29) is 5.75 Å². The SMILES string of the molecule is Cc1ccc(Cc2cc(Cl)ccc2O)c(Cl)c1. The maximum absolute atomic E-state index is 9.74. The molecule has 0 saturated heterocycles. The number of phenols is 1. The van der Waals surface area contributed by atoms with Crippen LogP contribution in [0, 0.1) is 6.92 Å². The smallest absolute Gasteiger partial charge is 0.119 e. The fourth-order valence-corrected chi connectivity index (χ4v) is 2.19. The Kier molecular flexibility index (Phi) is 3.60. The molecule has 0 radical (unpaired) electrons. The van der Waals surface area contributed by atoms with Gasteiger partial charge in [-0.1, -0.05) is 35.3 Å². The highest BCUT2D eigenvalue weighted by Gasteiger charge is 2.06. The van der Waals surface area contributed by atoms with Gasteiger partial charge in [-0.25, -0.2) is 0 Å². The largest absolute Gasteiger partial charge is 0.508 e. The Bertz CT molecular complexity index is 550. The van der Waals surface area contributed by atoms with Gasteiger partial charge in [-0.05, 0) is 47.9 Å². The van der Waals surface area contributed by atoms with Crippen molar-refractivity contribution < 1.29 is 5.11 Å². The molecule has 0 aliphatic rings. The summed E-state index contributed by atoms with van der Waals surface area (Å²) in [6.45, 7) is 1.99. The minimum atomic E-state index is 0.242. The van der Waals surface area contributed by atoms with Gasteiger partial charge in [-0.2, -0.15) is 0 Å². The summed E-state index contributed by atoms with van der Waals surface area (Å²) >= 11 is 12.1. The molecule has 0 aliphatic carbocycles. The van der Waals surface area contributed by atoms with Crippen LogP contribution in [0.3, 0.4) is 0 Å². The monoisotopic (exact) mass is 266 g/mol. The zero-order valence-corrected chi connectivity index (χ0v) is 10.9. The normalized spacial score (nSPS) is 10.5. The van der Waals surface area contributed by atoms with E-state index >= 15 is 0 Å². The number of rotatable bonds is 2. The molecule has 2 aromatic carbocycles. The summed E-state index contributed by atoms with van der Waals surface area (Å²) in [7, 11) is 0. The van der Waals surface area contributed by atoms with Gasteiger partial charge in [0.25, 0.3) is 0 Å². The zero-order valence-electron chi connectivity index (χ0n) is 9.37. The van der Waals surface area contributed by atoms with Crippen LogP contribution in [0.2, 0.25) is 10.0 Å². The van der Waals surface area contributed by atoms with Crippen LogP contribution in [-0.2, 0) is 6.42 Å². The molecule has 0 atom stereocenters. The molecule has 0 aromatic heterocycles. The van der Waals surface area contributed by atoms with Crippen molar-refractivity contribution >= 4 is 23.2 Å². The molecule has 88 valence electrons. The quantitative estimate of drug-likeness (QED) is 0.843. The third-order valence-electron chi connectivity index (χ3n) is 2.63. The first kappa shape index (κ1) is 12.3. The lowest BCUT2D eigenvalue weighted by molar-refractivity contribution is 0.469. The van der Waals surface area contributed by atoms with E-state index in [0.717, 1.165) is 16.7 Å². The average Bonchev–Trinajstić information content (AvgIpc) is 2.27. The average molecular weight is 267 g/mol. The number of hydrogen-bond donors (Lipinski definition) is 1. The van der Waals surface area contributed by atoms with Crippen molar-refractivity contribution in [2.45, 2.75) is 13.3 Å². The van der Waals surface area contributed by atoms with Gasteiger partial charge in [0.15, 0.2) is 0 Å². The number of halogens is 2. The highest BCUT2D eigenvalue weighted by atomic mass is 35.5. The molecule has 2 aromatic rings. The van der Waals surface area contributed by atoms with E-state index in [0.29, 0.717) is 16.5 Å². The van der Waals surface area contributed by atoms with Crippen molar-refractivity contribution in [2.24, 2.45) is 0 Å². The van der Waals surface area contributed by atoms with Gasteiger partial charge >= 0.3 is 0 Å².